The van der Waals surface area contributed by atoms with Crippen LogP contribution in [0.1, 0.15) is 11.4 Å². The van der Waals surface area contributed by atoms with Gasteiger partial charge in [0.15, 0.2) is 0 Å². The van der Waals surface area contributed by atoms with Crippen molar-refractivity contribution < 1.29 is 0 Å². The summed E-state index contributed by atoms with van der Waals surface area (Å²) in [7, 11) is 0. The molecule has 0 amide bonds. The number of hydrogen-bond acceptors (Lipinski definition) is 0. The van der Waals surface area contributed by atoms with E-state index in [4.69, 9.17) is 0 Å². The Morgan fingerprint density at radius 1 is 1.09 bits per heavy atom. The predicted octanol–water partition coefficient (Wildman–Crippen LogP) is 2.47. The van der Waals surface area contributed by atoms with Gasteiger partial charge < -0.3 is 4.98 Å². The molecule has 0 radical (unpaired) electrons. The Hall–Kier alpha value is -1.24. The van der Waals surface area contributed by atoms with E-state index in [0.29, 0.717) is 0 Å². The van der Waals surface area contributed by atoms with Gasteiger partial charge in [-0.3, -0.25) is 0 Å². The van der Waals surface area contributed by atoms with Gasteiger partial charge in [-0.2, -0.15) is 0 Å². The average Bonchev–Trinajstić information content (AvgIpc) is 2.38. The van der Waals surface area contributed by atoms with Crippen LogP contribution in [0.5, 0.6) is 0 Å². The molecule has 0 aliphatic carbocycles. The molecule has 58 valence electrons. The van der Waals surface area contributed by atoms with E-state index >= 15 is 0 Å². The molecule has 0 spiro atoms. The molecule has 0 fully saturated rings. The van der Waals surface area contributed by atoms with Crippen molar-refractivity contribution in [2.24, 2.45) is 0 Å². The second-order valence-electron chi connectivity index (χ2n) is 2.49. The van der Waals surface area contributed by atoms with Crippen LogP contribution in [0.3, 0.4) is 0 Å². The van der Waals surface area contributed by atoms with Gasteiger partial charge in [0, 0.05) is 24.2 Å². The second kappa shape index (κ2) is 3.81. The molecule has 0 bridgehead atoms. The van der Waals surface area contributed by atoms with Crippen molar-refractivity contribution in [1.29, 1.82) is 0 Å². The minimum atomic E-state index is 0.914. The summed E-state index contributed by atoms with van der Waals surface area (Å²) in [5.41, 5.74) is 2.44. The van der Waals surface area contributed by atoms with Crippen LogP contribution in [0.4, 0.5) is 0 Å². The Morgan fingerprint density at radius 2 is 1.55 bits per heavy atom. The number of nitrogens with one attached hydrogen (secondary N) is 1. The molecular weight excluding hydrogens is 134 g/mol. The molecule has 11 heavy (non-hydrogen) atoms. The summed E-state index contributed by atoms with van der Waals surface area (Å²) in [6, 6.07) is 4.17. The molecule has 1 aromatic rings. The highest BCUT2D eigenvalue weighted by molar-refractivity contribution is 5.16. The van der Waals surface area contributed by atoms with Crippen LogP contribution in [0, 0.1) is 0 Å². The van der Waals surface area contributed by atoms with E-state index < -0.39 is 0 Å². The molecule has 1 N–H and O–H groups in total. The summed E-state index contributed by atoms with van der Waals surface area (Å²) in [5, 5.41) is 0. The van der Waals surface area contributed by atoms with Crippen molar-refractivity contribution in [2.45, 2.75) is 12.8 Å². The van der Waals surface area contributed by atoms with Gasteiger partial charge in [0.25, 0.3) is 0 Å². The Labute approximate surface area is 67.5 Å². The highest BCUT2D eigenvalue weighted by atomic mass is 14.7. The zero-order valence-electron chi connectivity index (χ0n) is 6.64. The maximum Gasteiger partial charge on any atom is 0.0187 e. The fourth-order valence-electron chi connectivity index (χ4n) is 1.04. The van der Waals surface area contributed by atoms with E-state index in [-0.39, 0.29) is 0 Å². The molecule has 1 heteroatoms. The zero-order chi connectivity index (χ0) is 8.10. The van der Waals surface area contributed by atoms with E-state index in [9.17, 15) is 0 Å². The van der Waals surface area contributed by atoms with Crippen molar-refractivity contribution in [3.8, 4) is 0 Å². The number of allylic oxidation sites excluding steroid dienone is 2. The first kappa shape index (κ1) is 7.86. The standard InChI is InChI=1S/C10H13N/c1-3-5-9-7-8-10(11-9)6-4-2/h3-4,7-8,11H,1-2,5-6H2. The largest absolute Gasteiger partial charge is 0.362 e. The van der Waals surface area contributed by atoms with Crippen LogP contribution < -0.4 is 0 Å². The molecule has 0 atom stereocenters. The van der Waals surface area contributed by atoms with Crippen molar-refractivity contribution in [3.63, 3.8) is 0 Å². The third-order valence-corrected chi connectivity index (χ3v) is 1.54. The normalized spacial score (nSPS) is 9.45. The molecule has 0 unspecified atom stereocenters. The summed E-state index contributed by atoms with van der Waals surface area (Å²) < 4.78 is 0. The van der Waals surface area contributed by atoms with Gasteiger partial charge >= 0.3 is 0 Å². The third-order valence-electron chi connectivity index (χ3n) is 1.54. The highest BCUT2D eigenvalue weighted by Crippen LogP contribution is 2.03. The van der Waals surface area contributed by atoms with Crippen LogP contribution in [0.2, 0.25) is 0 Å². The maximum atomic E-state index is 3.67. The van der Waals surface area contributed by atoms with Gasteiger partial charge in [-0.1, -0.05) is 12.2 Å². The van der Waals surface area contributed by atoms with Crippen LogP contribution >= 0.6 is 0 Å². The Morgan fingerprint density at radius 3 is 1.91 bits per heavy atom. The van der Waals surface area contributed by atoms with Crippen LogP contribution in [0.25, 0.3) is 0 Å². The van der Waals surface area contributed by atoms with Gasteiger partial charge in [0.05, 0.1) is 0 Å². The second-order valence-corrected chi connectivity index (χ2v) is 2.49. The first-order valence-corrected chi connectivity index (χ1v) is 3.75. The first-order chi connectivity index (χ1) is 5.36. The first-order valence-electron chi connectivity index (χ1n) is 3.75. The Balaban J connectivity index is 2.64. The molecule has 0 aliphatic rings. The lowest BCUT2D eigenvalue weighted by Gasteiger charge is -1.90. The Bertz CT molecular complexity index is 221. The molecule has 1 heterocycles. The SMILES string of the molecule is C=CCc1ccc(CC=C)[nH]1. The molecule has 0 saturated heterocycles. The number of aromatic amines is 1. The molecule has 0 aromatic carbocycles. The minimum Gasteiger partial charge on any atom is -0.362 e. The lowest BCUT2D eigenvalue weighted by atomic mass is 10.3. The van der Waals surface area contributed by atoms with E-state index in [1.165, 1.54) is 11.4 Å². The summed E-state index contributed by atoms with van der Waals surface area (Å²) in [5.74, 6) is 0. The van der Waals surface area contributed by atoms with Crippen molar-refractivity contribution >= 4 is 0 Å². The third kappa shape index (κ3) is 2.11. The molecule has 1 aromatic heterocycles. The molecule has 0 saturated carbocycles. The quantitative estimate of drug-likeness (QED) is 0.630. The van der Waals surface area contributed by atoms with E-state index in [2.05, 4.69) is 30.3 Å². The van der Waals surface area contributed by atoms with Gasteiger partial charge in [-0.05, 0) is 12.1 Å². The predicted molar refractivity (Wildman–Crippen MR) is 48.6 cm³/mol. The minimum absolute atomic E-state index is 0.914. The molecule has 1 nitrogen and oxygen atoms in total. The highest BCUT2D eigenvalue weighted by Gasteiger charge is 1.93. The number of aromatic nitrogens is 1. The zero-order valence-corrected chi connectivity index (χ0v) is 6.64. The molecule has 1 rings (SSSR count). The average molecular weight is 147 g/mol. The van der Waals surface area contributed by atoms with Crippen molar-refractivity contribution in [3.05, 3.63) is 48.8 Å². The van der Waals surface area contributed by atoms with Crippen molar-refractivity contribution in [2.75, 3.05) is 0 Å². The van der Waals surface area contributed by atoms with Crippen LogP contribution in [0.15, 0.2) is 37.4 Å². The van der Waals surface area contributed by atoms with E-state index in [0.717, 1.165) is 12.8 Å². The topological polar surface area (TPSA) is 15.8 Å². The van der Waals surface area contributed by atoms with Gasteiger partial charge in [0.2, 0.25) is 0 Å². The lowest BCUT2D eigenvalue weighted by molar-refractivity contribution is 1.08. The number of hydrogen-bond donors (Lipinski definition) is 1. The van der Waals surface area contributed by atoms with E-state index in [1.807, 2.05) is 12.2 Å². The Kier molecular flexibility index (Phi) is 2.73. The molecule has 0 aliphatic heterocycles. The van der Waals surface area contributed by atoms with Gasteiger partial charge in [-0.25, -0.2) is 0 Å². The lowest BCUT2D eigenvalue weighted by Crippen LogP contribution is -1.82. The maximum absolute atomic E-state index is 3.67. The van der Waals surface area contributed by atoms with Gasteiger partial charge in [-0.15, -0.1) is 13.2 Å². The fourth-order valence-corrected chi connectivity index (χ4v) is 1.04. The molecular formula is C10H13N. The number of rotatable bonds is 4. The van der Waals surface area contributed by atoms with Crippen LogP contribution in [-0.4, -0.2) is 4.98 Å². The monoisotopic (exact) mass is 147 g/mol. The summed E-state index contributed by atoms with van der Waals surface area (Å²) in [6.45, 7) is 7.34. The number of H-pyrrole nitrogens is 1. The van der Waals surface area contributed by atoms with E-state index in [1.54, 1.807) is 0 Å². The smallest absolute Gasteiger partial charge is 0.0187 e. The summed E-state index contributed by atoms with van der Waals surface area (Å²) >= 11 is 0. The fraction of sp³-hybridized carbons (Fsp3) is 0.200. The summed E-state index contributed by atoms with van der Waals surface area (Å²) in [4.78, 5) is 3.27. The summed E-state index contributed by atoms with van der Waals surface area (Å²) in [6.07, 6.45) is 5.61. The van der Waals surface area contributed by atoms with Crippen LogP contribution in [-0.2, 0) is 12.8 Å². The van der Waals surface area contributed by atoms with Gasteiger partial charge in [0.1, 0.15) is 0 Å². The van der Waals surface area contributed by atoms with Crippen molar-refractivity contribution in [1.82, 2.24) is 4.98 Å².